The summed E-state index contributed by atoms with van der Waals surface area (Å²) in [5, 5.41) is 22.5. The van der Waals surface area contributed by atoms with Crippen LogP contribution in [0.5, 0.6) is 0 Å². The number of amides is 1. The molecule has 0 radical (unpaired) electrons. The van der Waals surface area contributed by atoms with Gasteiger partial charge in [0, 0.05) is 42.8 Å². The third-order valence-corrected chi connectivity index (χ3v) is 8.00. The number of aliphatic hydroxyl groups excluding tert-OH is 1. The van der Waals surface area contributed by atoms with Gasteiger partial charge >= 0.3 is 0 Å². The van der Waals surface area contributed by atoms with Crippen LogP contribution < -0.4 is 16.4 Å². The Labute approximate surface area is 257 Å². The SMILES string of the molecule is Cn1nc(-c2cccc(-n3ncc4cc(C(C)(C)C)cc(F)c4c3=O)c2CO)cc(Nc2ccc(C(=O)N3CCC3)cn2)c1=O. The normalized spacial score (nSPS) is 13.2. The molecule has 11 nitrogen and oxygen atoms in total. The maximum Gasteiger partial charge on any atom is 0.290 e. The Hall–Kier alpha value is -5.23. The summed E-state index contributed by atoms with van der Waals surface area (Å²) in [6.45, 7) is 6.83. The van der Waals surface area contributed by atoms with Crippen molar-refractivity contribution in [2.75, 3.05) is 18.4 Å². The number of aliphatic hydroxyl groups is 1. The Bertz CT molecular complexity index is 2080. The molecular formula is C33H32FN7O4. The van der Waals surface area contributed by atoms with Gasteiger partial charge in [0.15, 0.2) is 0 Å². The standard InChI is InChI=1S/C33H32FN7O4/c1-33(2,3)21-13-20-17-36-41(32(45)29(20)24(34)14-21)27-8-5-7-22(23(27)18-42)25-15-26(31(44)39(4)38-25)37-28-10-9-19(16-35-28)30(43)40-11-6-12-40/h5,7-10,13-17,42H,6,11-12,18H2,1-4H3,(H,35,37). The summed E-state index contributed by atoms with van der Waals surface area (Å²) in [7, 11) is 1.49. The molecule has 0 bridgehead atoms. The average Bonchev–Trinajstić information content (AvgIpc) is 2.98. The first-order chi connectivity index (χ1) is 21.5. The fourth-order valence-corrected chi connectivity index (χ4v) is 5.28. The molecule has 5 aromatic rings. The van der Waals surface area contributed by atoms with Gasteiger partial charge in [-0.15, -0.1) is 0 Å². The van der Waals surface area contributed by atoms with Gasteiger partial charge in [-0.2, -0.15) is 14.9 Å². The zero-order chi connectivity index (χ0) is 32.0. The molecule has 0 saturated carbocycles. The Morgan fingerprint density at radius 3 is 2.47 bits per heavy atom. The number of anilines is 2. The lowest BCUT2D eigenvalue weighted by molar-refractivity contribution is 0.0651. The van der Waals surface area contributed by atoms with E-state index in [1.807, 2.05) is 20.8 Å². The van der Waals surface area contributed by atoms with Crippen molar-refractivity contribution in [2.24, 2.45) is 7.05 Å². The van der Waals surface area contributed by atoms with Crippen molar-refractivity contribution in [3.05, 3.63) is 104 Å². The van der Waals surface area contributed by atoms with Crippen LogP contribution in [0.3, 0.4) is 0 Å². The molecule has 12 heteroatoms. The van der Waals surface area contributed by atoms with Crippen molar-refractivity contribution < 1.29 is 14.3 Å². The molecule has 0 atom stereocenters. The molecule has 0 unspecified atom stereocenters. The minimum atomic E-state index is -0.671. The van der Waals surface area contributed by atoms with Crippen LogP contribution in [0.1, 0.15) is 48.7 Å². The van der Waals surface area contributed by atoms with E-state index in [-0.39, 0.29) is 28.1 Å². The van der Waals surface area contributed by atoms with Crippen molar-refractivity contribution >= 4 is 28.2 Å². The predicted molar refractivity (Wildman–Crippen MR) is 168 cm³/mol. The number of benzene rings is 2. The number of halogens is 1. The lowest BCUT2D eigenvalue weighted by atomic mass is 9.86. The number of likely N-dealkylation sites (tertiary alicyclic amines) is 1. The van der Waals surface area contributed by atoms with Crippen molar-refractivity contribution in [3.63, 3.8) is 0 Å². The van der Waals surface area contributed by atoms with Gasteiger partial charge in [-0.25, -0.2) is 14.1 Å². The summed E-state index contributed by atoms with van der Waals surface area (Å²) in [5.41, 5.74) is 1.24. The second kappa shape index (κ2) is 11.4. The molecule has 6 rings (SSSR count). The molecule has 2 aromatic carbocycles. The van der Waals surface area contributed by atoms with Gasteiger partial charge in [-0.05, 0) is 53.8 Å². The monoisotopic (exact) mass is 609 g/mol. The maximum atomic E-state index is 15.3. The van der Waals surface area contributed by atoms with Crippen molar-refractivity contribution in [1.82, 2.24) is 29.4 Å². The van der Waals surface area contributed by atoms with Crippen molar-refractivity contribution in [3.8, 4) is 16.9 Å². The second-order valence-corrected chi connectivity index (χ2v) is 12.1. The number of carbonyl (C=O) groups is 1. The van der Waals surface area contributed by atoms with E-state index >= 15 is 4.39 Å². The van der Waals surface area contributed by atoms with E-state index in [2.05, 4.69) is 20.5 Å². The lowest BCUT2D eigenvalue weighted by Crippen LogP contribution is -2.42. The molecule has 0 aliphatic carbocycles. The number of hydrogen-bond donors (Lipinski definition) is 2. The predicted octanol–water partition coefficient (Wildman–Crippen LogP) is 4.06. The third kappa shape index (κ3) is 5.48. The first-order valence-electron chi connectivity index (χ1n) is 14.5. The number of nitrogens with zero attached hydrogens (tertiary/aromatic N) is 6. The van der Waals surface area contributed by atoms with Gasteiger partial charge in [0.25, 0.3) is 17.0 Å². The molecule has 1 amide bonds. The van der Waals surface area contributed by atoms with E-state index < -0.39 is 23.5 Å². The fourth-order valence-electron chi connectivity index (χ4n) is 5.28. The highest BCUT2D eigenvalue weighted by atomic mass is 19.1. The zero-order valence-corrected chi connectivity index (χ0v) is 25.3. The smallest absolute Gasteiger partial charge is 0.290 e. The van der Waals surface area contributed by atoms with E-state index in [1.54, 1.807) is 41.3 Å². The van der Waals surface area contributed by atoms with E-state index in [1.165, 1.54) is 31.6 Å². The van der Waals surface area contributed by atoms with E-state index in [4.69, 9.17) is 0 Å². The summed E-state index contributed by atoms with van der Waals surface area (Å²) >= 11 is 0. The molecule has 2 N–H and O–H groups in total. The summed E-state index contributed by atoms with van der Waals surface area (Å²) in [6, 6.07) is 12.9. The average molecular weight is 610 g/mol. The van der Waals surface area contributed by atoms with Gasteiger partial charge < -0.3 is 15.3 Å². The molecule has 1 fully saturated rings. The molecule has 230 valence electrons. The quantitative estimate of drug-likeness (QED) is 0.294. The van der Waals surface area contributed by atoms with Crippen LogP contribution >= 0.6 is 0 Å². The number of aryl methyl sites for hydroxylation is 1. The molecular weight excluding hydrogens is 577 g/mol. The van der Waals surface area contributed by atoms with Crippen LogP contribution in [0.4, 0.5) is 15.9 Å². The number of fused-ring (bicyclic) bond motifs is 1. The van der Waals surface area contributed by atoms with Crippen LogP contribution in [0, 0.1) is 5.82 Å². The van der Waals surface area contributed by atoms with Crippen molar-refractivity contribution in [2.45, 2.75) is 39.2 Å². The summed E-state index contributed by atoms with van der Waals surface area (Å²) < 4.78 is 17.5. The molecule has 4 heterocycles. The van der Waals surface area contributed by atoms with E-state index in [0.717, 1.165) is 34.4 Å². The second-order valence-electron chi connectivity index (χ2n) is 12.1. The van der Waals surface area contributed by atoms with Crippen molar-refractivity contribution in [1.29, 1.82) is 0 Å². The summed E-state index contributed by atoms with van der Waals surface area (Å²) in [5.74, 6) is -0.386. The van der Waals surface area contributed by atoms with Crippen LogP contribution in [-0.4, -0.2) is 53.5 Å². The molecule has 1 aliphatic rings. The Balaban J connectivity index is 1.39. The van der Waals surface area contributed by atoms with Crippen LogP contribution in [0.25, 0.3) is 27.7 Å². The zero-order valence-electron chi connectivity index (χ0n) is 25.3. The first-order valence-corrected chi connectivity index (χ1v) is 14.5. The Morgan fingerprint density at radius 2 is 1.82 bits per heavy atom. The molecule has 0 spiro atoms. The number of aromatic nitrogens is 5. The van der Waals surface area contributed by atoms with Crippen LogP contribution in [-0.2, 0) is 19.1 Å². The minimum Gasteiger partial charge on any atom is -0.392 e. The highest BCUT2D eigenvalue weighted by Gasteiger charge is 2.23. The molecule has 45 heavy (non-hydrogen) atoms. The van der Waals surface area contributed by atoms with Gasteiger partial charge in [0.05, 0.1) is 35.1 Å². The number of nitrogens with one attached hydrogen (secondary N) is 1. The van der Waals surface area contributed by atoms with E-state index in [0.29, 0.717) is 33.6 Å². The summed E-state index contributed by atoms with van der Waals surface area (Å²) in [6.07, 6.45) is 3.88. The fraction of sp³-hybridized carbons (Fsp3) is 0.273. The van der Waals surface area contributed by atoms with Gasteiger partial charge in [0.2, 0.25) is 0 Å². The number of rotatable bonds is 6. The van der Waals surface area contributed by atoms with E-state index in [9.17, 15) is 19.5 Å². The van der Waals surface area contributed by atoms with Crippen LogP contribution in [0.2, 0.25) is 0 Å². The highest BCUT2D eigenvalue weighted by molar-refractivity contribution is 5.94. The number of hydrogen-bond acceptors (Lipinski definition) is 8. The topological polar surface area (TPSA) is 135 Å². The highest BCUT2D eigenvalue weighted by Crippen LogP contribution is 2.30. The minimum absolute atomic E-state index is 0.0868. The Morgan fingerprint density at radius 1 is 1.04 bits per heavy atom. The van der Waals surface area contributed by atoms with Gasteiger partial charge in [-0.3, -0.25) is 14.4 Å². The molecule has 1 aliphatic heterocycles. The first kappa shape index (κ1) is 29.8. The third-order valence-electron chi connectivity index (χ3n) is 8.00. The number of carbonyl (C=O) groups excluding carboxylic acids is 1. The Kier molecular flexibility index (Phi) is 7.53. The van der Waals surface area contributed by atoms with Gasteiger partial charge in [0.1, 0.15) is 17.3 Å². The summed E-state index contributed by atoms with van der Waals surface area (Å²) in [4.78, 5) is 45.1. The number of pyridine rings is 1. The molecule has 1 saturated heterocycles. The largest absolute Gasteiger partial charge is 0.392 e. The lowest BCUT2D eigenvalue weighted by Gasteiger charge is -2.30. The molecule has 3 aromatic heterocycles. The van der Waals surface area contributed by atoms with Gasteiger partial charge in [-0.1, -0.05) is 32.9 Å². The maximum absolute atomic E-state index is 15.3. The van der Waals surface area contributed by atoms with Crippen LogP contribution in [0.15, 0.2) is 70.5 Å².